The van der Waals surface area contributed by atoms with Gasteiger partial charge >= 0.3 is 0 Å². The van der Waals surface area contributed by atoms with Crippen LogP contribution in [0, 0.1) is 0 Å². The summed E-state index contributed by atoms with van der Waals surface area (Å²) in [6.45, 7) is 0. The first kappa shape index (κ1) is 15.0. The van der Waals surface area contributed by atoms with Crippen LogP contribution in [0.4, 0.5) is 0 Å². The van der Waals surface area contributed by atoms with Gasteiger partial charge in [-0.15, -0.1) is 22.7 Å². The summed E-state index contributed by atoms with van der Waals surface area (Å²) in [5.41, 5.74) is 3.83. The van der Waals surface area contributed by atoms with E-state index < -0.39 is 0 Å². The fourth-order valence-corrected chi connectivity index (χ4v) is 3.94. The maximum atomic E-state index is 11.9. The Bertz CT molecular complexity index is 1010. The van der Waals surface area contributed by atoms with Crippen molar-refractivity contribution in [1.82, 2.24) is 15.3 Å². The van der Waals surface area contributed by atoms with Crippen LogP contribution >= 0.6 is 22.7 Å². The molecule has 0 unspecified atom stereocenters. The van der Waals surface area contributed by atoms with Gasteiger partial charge in [0, 0.05) is 12.6 Å². The topological polar surface area (TPSA) is 54.9 Å². The van der Waals surface area contributed by atoms with Crippen LogP contribution in [-0.4, -0.2) is 22.9 Å². The molecule has 3 heterocycles. The molecule has 0 bridgehead atoms. The molecule has 0 aliphatic heterocycles. The van der Waals surface area contributed by atoms with E-state index in [0.29, 0.717) is 5.56 Å². The lowest BCUT2D eigenvalue weighted by atomic mass is 10.1. The van der Waals surface area contributed by atoms with Crippen molar-refractivity contribution in [3.05, 3.63) is 58.8 Å². The summed E-state index contributed by atoms with van der Waals surface area (Å²) in [6.07, 6.45) is 0. The third-order valence-corrected chi connectivity index (χ3v) is 5.42. The van der Waals surface area contributed by atoms with Gasteiger partial charge in [-0.05, 0) is 41.1 Å². The smallest absolute Gasteiger partial charge is 0.251 e. The van der Waals surface area contributed by atoms with E-state index in [0.717, 1.165) is 32.2 Å². The molecular weight excluding hydrogens is 338 g/mol. The van der Waals surface area contributed by atoms with Crippen molar-refractivity contribution in [3.8, 4) is 21.1 Å². The minimum atomic E-state index is -0.126. The van der Waals surface area contributed by atoms with E-state index in [2.05, 4.69) is 11.4 Å². The Morgan fingerprint density at radius 3 is 2.08 bits per heavy atom. The quantitative estimate of drug-likeness (QED) is 0.593. The normalized spacial score (nSPS) is 10.9. The minimum absolute atomic E-state index is 0.126. The fourth-order valence-electron chi connectivity index (χ4n) is 2.51. The van der Waals surface area contributed by atoms with Crippen molar-refractivity contribution in [3.63, 3.8) is 0 Å². The molecule has 4 aromatic rings. The highest BCUT2D eigenvalue weighted by Gasteiger charge is 2.15. The van der Waals surface area contributed by atoms with Crippen molar-refractivity contribution in [2.24, 2.45) is 0 Å². The van der Waals surface area contributed by atoms with Gasteiger partial charge in [0.15, 0.2) is 0 Å². The summed E-state index contributed by atoms with van der Waals surface area (Å²) in [4.78, 5) is 23.7. The number of carbonyl (C=O) groups is 1. The van der Waals surface area contributed by atoms with Crippen molar-refractivity contribution in [2.75, 3.05) is 7.05 Å². The number of hydrogen-bond acceptors (Lipinski definition) is 5. The van der Waals surface area contributed by atoms with Gasteiger partial charge in [-0.3, -0.25) is 4.79 Å². The zero-order valence-electron chi connectivity index (χ0n) is 12.8. The first-order valence-corrected chi connectivity index (χ1v) is 9.14. The molecule has 6 heteroatoms. The molecule has 0 saturated carbocycles. The van der Waals surface area contributed by atoms with Crippen LogP contribution in [0.5, 0.6) is 0 Å². The van der Waals surface area contributed by atoms with Gasteiger partial charge < -0.3 is 5.32 Å². The number of aromatic nitrogens is 2. The highest BCUT2D eigenvalue weighted by Crippen LogP contribution is 2.35. The lowest BCUT2D eigenvalue weighted by Crippen LogP contribution is -2.17. The number of nitrogens with one attached hydrogen (secondary N) is 1. The molecule has 3 aromatic heterocycles. The summed E-state index contributed by atoms with van der Waals surface area (Å²) in [5.74, 6) is -0.126. The van der Waals surface area contributed by atoms with Crippen molar-refractivity contribution < 1.29 is 4.79 Å². The summed E-state index contributed by atoms with van der Waals surface area (Å²) in [7, 11) is 1.62. The van der Waals surface area contributed by atoms with Gasteiger partial charge in [0.2, 0.25) is 0 Å². The number of nitrogens with zero attached hydrogens (tertiary/aromatic N) is 2. The third kappa shape index (κ3) is 2.60. The van der Waals surface area contributed by atoms with Crippen LogP contribution in [0.25, 0.3) is 32.2 Å². The third-order valence-electron chi connectivity index (χ3n) is 3.66. The number of hydrogen-bond donors (Lipinski definition) is 1. The number of rotatable bonds is 3. The number of thiophene rings is 2. The van der Waals surface area contributed by atoms with Crippen LogP contribution < -0.4 is 5.32 Å². The van der Waals surface area contributed by atoms with Gasteiger partial charge in [-0.25, -0.2) is 9.97 Å². The zero-order chi connectivity index (χ0) is 16.5. The molecule has 0 spiro atoms. The number of benzene rings is 1. The maximum Gasteiger partial charge on any atom is 0.251 e. The standard InChI is InChI=1S/C18H13N3OS2/c1-19-18(22)11-6-7-12-13(10-11)21-17(15-5-3-9-24-15)16(20-12)14-4-2-8-23-14/h2-10H,1H3,(H,19,22). The Balaban J connectivity index is 1.97. The molecule has 1 amide bonds. The molecule has 24 heavy (non-hydrogen) atoms. The zero-order valence-corrected chi connectivity index (χ0v) is 14.4. The summed E-state index contributed by atoms with van der Waals surface area (Å²) in [5, 5.41) is 6.70. The van der Waals surface area contributed by atoms with E-state index in [4.69, 9.17) is 9.97 Å². The molecule has 0 atom stereocenters. The SMILES string of the molecule is CNC(=O)c1ccc2nc(-c3cccs3)c(-c3cccs3)nc2c1. The fraction of sp³-hybridized carbons (Fsp3) is 0.0556. The largest absolute Gasteiger partial charge is 0.355 e. The lowest BCUT2D eigenvalue weighted by molar-refractivity contribution is 0.0963. The van der Waals surface area contributed by atoms with Crippen LogP contribution in [0.1, 0.15) is 10.4 Å². The number of fused-ring (bicyclic) bond motifs is 1. The Morgan fingerprint density at radius 2 is 1.54 bits per heavy atom. The van der Waals surface area contributed by atoms with Crippen molar-refractivity contribution >= 4 is 39.6 Å². The molecule has 4 nitrogen and oxygen atoms in total. The second-order valence-electron chi connectivity index (χ2n) is 5.16. The minimum Gasteiger partial charge on any atom is -0.355 e. The average molecular weight is 351 g/mol. The first-order valence-electron chi connectivity index (χ1n) is 7.38. The molecule has 0 aliphatic rings. The molecule has 1 aromatic carbocycles. The average Bonchev–Trinajstić information content (AvgIpc) is 3.32. The van der Waals surface area contributed by atoms with Crippen molar-refractivity contribution in [1.29, 1.82) is 0 Å². The van der Waals surface area contributed by atoms with Gasteiger partial charge in [0.05, 0.1) is 20.8 Å². The summed E-state index contributed by atoms with van der Waals surface area (Å²) < 4.78 is 0. The van der Waals surface area contributed by atoms with E-state index in [1.54, 1.807) is 41.9 Å². The van der Waals surface area contributed by atoms with Crippen molar-refractivity contribution in [2.45, 2.75) is 0 Å². The second kappa shape index (κ2) is 6.14. The highest BCUT2D eigenvalue weighted by molar-refractivity contribution is 7.14. The first-order chi connectivity index (χ1) is 11.8. The monoisotopic (exact) mass is 351 g/mol. The van der Waals surface area contributed by atoms with Gasteiger partial charge in [-0.1, -0.05) is 12.1 Å². The van der Waals surface area contributed by atoms with Gasteiger partial charge in [-0.2, -0.15) is 0 Å². The molecule has 1 N–H and O–H groups in total. The molecule has 0 aliphatic carbocycles. The Labute approximate surface area is 146 Å². The van der Waals surface area contributed by atoms with Crippen LogP contribution in [0.2, 0.25) is 0 Å². The van der Waals surface area contributed by atoms with Crippen LogP contribution in [-0.2, 0) is 0 Å². The Kier molecular flexibility index (Phi) is 3.84. The second-order valence-corrected chi connectivity index (χ2v) is 7.05. The molecule has 0 fully saturated rings. The predicted octanol–water partition coefficient (Wildman–Crippen LogP) is 4.45. The van der Waals surface area contributed by atoms with E-state index >= 15 is 0 Å². The van der Waals surface area contributed by atoms with Gasteiger partial charge in [0.25, 0.3) is 5.91 Å². The number of carbonyl (C=O) groups excluding carboxylic acids is 1. The van der Waals surface area contributed by atoms with Gasteiger partial charge in [0.1, 0.15) is 11.4 Å². The summed E-state index contributed by atoms with van der Waals surface area (Å²) in [6, 6.07) is 13.5. The molecule has 0 radical (unpaired) electrons. The van der Waals surface area contributed by atoms with Crippen LogP contribution in [0.15, 0.2) is 53.2 Å². The molecular formula is C18H13N3OS2. The number of amides is 1. The molecule has 118 valence electrons. The Hall–Kier alpha value is -2.57. The van der Waals surface area contributed by atoms with Crippen LogP contribution in [0.3, 0.4) is 0 Å². The summed E-state index contributed by atoms with van der Waals surface area (Å²) >= 11 is 3.28. The highest BCUT2D eigenvalue weighted by atomic mass is 32.1. The lowest BCUT2D eigenvalue weighted by Gasteiger charge is -2.08. The van der Waals surface area contributed by atoms with E-state index in [1.807, 2.05) is 35.0 Å². The van der Waals surface area contributed by atoms with E-state index in [9.17, 15) is 4.79 Å². The molecule has 0 saturated heterocycles. The van der Waals surface area contributed by atoms with E-state index in [1.165, 1.54) is 0 Å². The predicted molar refractivity (Wildman–Crippen MR) is 99.6 cm³/mol. The maximum absolute atomic E-state index is 11.9. The Morgan fingerprint density at radius 1 is 0.917 bits per heavy atom. The van der Waals surface area contributed by atoms with E-state index in [-0.39, 0.29) is 5.91 Å². The molecule has 4 rings (SSSR count).